The molecule has 2 heteroatoms. The number of anilines is 3. The normalized spacial score (nSPS) is 14.4. The van der Waals surface area contributed by atoms with Crippen LogP contribution in [0.2, 0.25) is 0 Å². The molecule has 57 heavy (non-hydrogen) atoms. The molecular weight excluding hydrogens is 691 g/mol. The van der Waals surface area contributed by atoms with Gasteiger partial charge in [0, 0.05) is 33.4 Å². The van der Waals surface area contributed by atoms with E-state index in [2.05, 4.69) is 223 Å². The molecule has 1 aromatic heterocycles. The number of para-hydroxylation sites is 2. The number of hydrogen-bond donors (Lipinski definition) is 0. The number of benzene rings is 9. The summed E-state index contributed by atoms with van der Waals surface area (Å²) < 4.78 is 6.70. The lowest BCUT2D eigenvalue weighted by molar-refractivity contribution is 0.669. The molecule has 0 saturated carbocycles. The molecule has 1 unspecified atom stereocenters. The van der Waals surface area contributed by atoms with Gasteiger partial charge in [0.15, 0.2) is 0 Å². The van der Waals surface area contributed by atoms with Gasteiger partial charge in [0.1, 0.15) is 11.2 Å². The molecular formula is C55H37NO. The molecule has 0 amide bonds. The van der Waals surface area contributed by atoms with Gasteiger partial charge in [-0.3, -0.25) is 0 Å². The number of hydrogen-bond acceptors (Lipinski definition) is 2. The average Bonchev–Trinajstić information content (AvgIpc) is 3.82. The smallest absolute Gasteiger partial charge is 0.143 e. The summed E-state index contributed by atoms with van der Waals surface area (Å²) in [5.41, 5.74) is 16.8. The first-order valence-electron chi connectivity index (χ1n) is 19.6. The van der Waals surface area contributed by atoms with E-state index >= 15 is 0 Å². The van der Waals surface area contributed by atoms with Gasteiger partial charge in [-0.15, -0.1) is 0 Å². The van der Waals surface area contributed by atoms with Crippen LogP contribution in [0.1, 0.15) is 22.3 Å². The van der Waals surface area contributed by atoms with E-state index in [0.717, 1.165) is 39.0 Å². The summed E-state index contributed by atoms with van der Waals surface area (Å²) in [5, 5.41) is 2.30. The van der Waals surface area contributed by atoms with Crippen molar-refractivity contribution in [2.75, 3.05) is 4.90 Å². The highest BCUT2D eigenvalue weighted by molar-refractivity contribution is 6.12. The summed E-state index contributed by atoms with van der Waals surface area (Å²) >= 11 is 0. The second-order valence-electron chi connectivity index (χ2n) is 14.8. The summed E-state index contributed by atoms with van der Waals surface area (Å²) in [6.07, 6.45) is 0. The molecule has 0 fully saturated rings. The quantitative estimate of drug-likeness (QED) is 0.163. The standard InChI is InChI=1S/C55H37NO/c1-4-14-38(15-5-1)40-26-32-45(33-27-40)56(44-18-8-3-9-19-44)46-34-28-41(29-35-46)39-24-30-43(31-25-39)55(42-16-6-2-7-17-42)50-22-12-10-21-49(50)53-51(55)37-36-48-47-20-11-13-23-52(47)57-54(48)53/h1-37H. The first-order chi connectivity index (χ1) is 28.3. The molecule has 0 bridgehead atoms. The topological polar surface area (TPSA) is 16.4 Å². The van der Waals surface area contributed by atoms with Crippen LogP contribution in [0.4, 0.5) is 17.1 Å². The highest BCUT2D eigenvalue weighted by atomic mass is 16.3. The summed E-state index contributed by atoms with van der Waals surface area (Å²) in [5.74, 6) is 0. The van der Waals surface area contributed by atoms with Gasteiger partial charge in [0.25, 0.3) is 0 Å². The predicted molar refractivity (Wildman–Crippen MR) is 237 cm³/mol. The summed E-state index contributed by atoms with van der Waals surface area (Å²) in [6, 6.07) is 80.9. The maximum Gasteiger partial charge on any atom is 0.143 e. The zero-order valence-corrected chi connectivity index (χ0v) is 31.2. The van der Waals surface area contributed by atoms with Gasteiger partial charge < -0.3 is 9.32 Å². The Balaban J connectivity index is 0.996. The van der Waals surface area contributed by atoms with E-state index in [1.165, 1.54) is 55.6 Å². The van der Waals surface area contributed by atoms with Crippen molar-refractivity contribution < 1.29 is 4.42 Å². The van der Waals surface area contributed by atoms with Crippen molar-refractivity contribution in [3.8, 4) is 33.4 Å². The Kier molecular flexibility index (Phi) is 7.75. The third-order valence-electron chi connectivity index (χ3n) is 11.8. The molecule has 0 saturated heterocycles. The molecule has 268 valence electrons. The van der Waals surface area contributed by atoms with E-state index in [1.807, 2.05) is 6.07 Å². The fourth-order valence-electron chi connectivity index (χ4n) is 9.19. The minimum absolute atomic E-state index is 0.519. The van der Waals surface area contributed by atoms with E-state index in [9.17, 15) is 0 Å². The van der Waals surface area contributed by atoms with Crippen LogP contribution in [0.5, 0.6) is 0 Å². The molecule has 1 aliphatic rings. The Morgan fingerprint density at radius 1 is 0.333 bits per heavy atom. The number of furan rings is 1. The van der Waals surface area contributed by atoms with Crippen molar-refractivity contribution in [1.29, 1.82) is 0 Å². The van der Waals surface area contributed by atoms with Crippen molar-refractivity contribution in [2.24, 2.45) is 0 Å². The van der Waals surface area contributed by atoms with Gasteiger partial charge in [-0.2, -0.15) is 0 Å². The lowest BCUT2D eigenvalue weighted by atomic mass is 9.67. The maximum absolute atomic E-state index is 6.70. The van der Waals surface area contributed by atoms with Crippen molar-refractivity contribution in [2.45, 2.75) is 5.41 Å². The van der Waals surface area contributed by atoms with Gasteiger partial charge in [-0.1, -0.05) is 182 Å². The van der Waals surface area contributed by atoms with E-state index in [4.69, 9.17) is 4.42 Å². The van der Waals surface area contributed by atoms with Crippen LogP contribution in [0.3, 0.4) is 0 Å². The minimum atomic E-state index is -0.519. The summed E-state index contributed by atoms with van der Waals surface area (Å²) in [6.45, 7) is 0. The maximum atomic E-state index is 6.70. The van der Waals surface area contributed by atoms with Crippen molar-refractivity contribution in [3.63, 3.8) is 0 Å². The van der Waals surface area contributed by atoms with E-state index in [-0.39, 0.29) is 0 Å². The molecule has 9 aromatic carbocycles. The lowest BCUT2D eigenvalue weighted by Crippen LogP contribution is -2.28. The molecule has 0 spiro atoms. The van der Waals surface area contributed by atoms with Crippen LogP contribution in [0.15, 0.2) is 229 Å². The zero-order chi connectivity index (χ0) is 37.8. The van der Waals surface area contributed by atoms with Gasteiger partial charge in [-0.05, 0) is 92.5 Å². The SMILES string of the molecule is c1ccc(-c2ccc(N(c3ccccc3)c3ccc(-c4ccc(C5(c6ccccc6)c6ccccc6-c6c5ccc5c6oc6ccccc65)cc4)cc3)cc2)cc1. The monoisotopic (exact) mass is 727 g/mol. The second-order valence-corrected chi connectivity index (χ2v) is 14.8. The van der Waals surface area contributed by atoms with Gasteiger partial charge in [-0.25, -0.2) is 0 Å². The highest BCUT2D eigenvalue weighted by Crippen LogP contribution is 2.58. The number of nitrogens with zero attached hydrogens (tertiary/aromatic N) is 1. The fourth-order valence-corrected chi connectivity index (χ4v) is 9.19. The Morgan fingerprint density at radius 3 is 1.49 bits per heavy atom. The first-order valence-corrected chi connectivity index (χ1v) is 19.6. The molecule has 0 radical (unpaired) electrons. The van der Waals surface area contributed by atoms with Crippen LogP contribution < -0.4 is 4.90 Å². The lowest BCUT2D eigenvalue weighted by Gasteiger charge is -2.34. The summed E-state index contributed by atoms with van der Waals surface area (Å²) in [7, 11) is 0. The third-order valence-corrected chi connectivity index (χ3v) is 11.8. The Hall–Kier alpha value is -7.42. The third kappa shape index (κ3) is 5.26. The largest absolute Gasteiger partial charge is 0.455 e. The Labute approximate surface area is 332 Å². The molecule has 1 atom stereocenters. The second kappa shape index (κ2) is 13.4. The van der Waals surface area contributed by atoms with Crippen LogP contribution in [-0.2, 0) is 5.41 Å². The number of fused-ring (bicyclic) bond motifs is 7. The molecule has 2 nitrogen and oxygen atoms in total. The summed E-state index contributed by atoms with van der Waals surface area (Å²) in [4.78, 5) is 2.32. The Morgan fingerprint density at radius 2 is 0.825 bits per heavy atom. The van der Waals surface area contributed by atoms with Crippen molar-refractivity contribution in [3.05, 3.63) is 247 Å². The van der Waals surface area contributed by atoms with Crippen LogP contribution in [0.25, 0.3) is 55.3 Å². The molecule has 10 aromatic rings. The molecule has 0 aliphatic heterocycles. The fraction of sp³-hybridized carbons (Fsp3) is 0.0182. The molecule has 0 N–H and O–H groups in total. The van der Waals surface area contributed by atoms with Crippen molar-refractivity contribution in [1.82, 2.24) is 0 Å². The molecule has 1 aliphatic carbocycles. The minimum Gasteiger partial charge on any atom is -0.455 e. The van der Waals surface area contributed by atoms with E-state index < -0.39 is 5.41 Å². The van der Waals surface area contributed by atoms with E-state index in [1.54, 1.807) is 0 Å². The van der Waals surface area contributed by atoms with Gasteiger partial charge >= 0.3 is 0 Å². The van der Waals surface area contributed by atoms with Gasteiger partial charge in [0.05, 0.1) is 5.41 Å². The predicted octanol–water partition coefficient (Wildman–Crippen LogP) is 14.8. The number of rotatable bonds is 7. The van der Waals surface area contributed by atoms with Crippen LogP contribution >= 0.6 is 0 Å². The Bertz CT molecular complexity index is 3020. The van der Waals surface area contributed by atoms with E-state index in [0.29, 0.717) is 0 Å². The zero-order valence-electron chi connectivity index (χ0n) is 31.2. The molecule has 11 rings (SSSR count). The van der Waals surface area contributed by atoms with Crippen molar-refractivity contribution >= 4 is 39.0 Å². The molecule has 1 heterocycles. The first kappa shape index (κ1) is 33.0. The average molecular weight is 728 g/mol. The van der Waals surface area contributed by atoms with Gasteiger partial charge in [0.2, 0.25) is 0 Å². The highest BCUT2D eigenvalue weighted by Gasteiger charge is 2.47. The van der Waals surface area contributed by atoms with Crippen LogP contribution in [0, 0.1) is 0 Å². The van der Waals surface area contributed by atoms with Crippen LogP contribution in [-0.4, -0.2) is 0 Å².